The first-order chi connectivity index (χ1) is 23.8. The van der Waals surface area contributed by atoms with Crippen molar-refractivity contribution in [1.29, 1.82) is 0 Å². The van der Waals surface area contributed by atoms with Gasteiger partial charge in [0.15, 0.2) is 19.7 Å². The Bertz CT molecular complexity index is 1910. The predicted octanol–water partition coefficient (Wildman–Crippen LogP) is 6.52. The molecule has 2 atom stereocenters. The van der Waals surface area contributed by atoms with Crippen molar-refractivity contribution in [3.05, 3.63) is 130 Å². The molecule has 0 amide bonds. The van der Waals surface area contributed by atoms with E-state index in [0.717, 1.165) is 24.3 Å². The summed E-state index contributed by atoms with van der Waals surface area (Å²) in [5.41, 5.74) is 1.32. The van der Waals surface area contributed by atoms with Crippen molar-refractivity contribution in [3.8, 4) is 0 Å². The summed E-state index contributed by atoms with van der Waals surface area (Å²) in [6, 6.07) is 23.9. The highest BCUT2D eigenvalue weighted by molar-refractivity contribution is 7.91. The molecule has 2 fully saturated rings. The molecule has 2 saturated heterocycles. The van der Waals surface area contributed by atoms with Gasteiger partial charge in [0.05, 0.1) is 33.1 Å². The second kappa shape index (κ2) is 15.2. The minimum atomic E-state index is -3.62. The van der Waals surface area contributed by atoms with E-state index in [1.807, 2.05) is 34.1 Å². The number of carbonyl (C=O) groups excluding carboxylic acids is 1. The third-order valence-corrected chi connectivity index (χ3v) is 13.9. The Kier molecular flexibility index (Phi) is 11.1. The first-order valence-corrected chi connectivity index (χ1v) is 20.3. The van der Waals surface area contributed by atoms with E-state index in [1.54, 1.807) is 24.3 Å². The van der Waals surface area contributed by atoms with Crippen LogP contribution in [-0.2, 0) is 24.5 Å². The Hall–Kier alpha value is -3.19. The van der Waals surface area contributed by atoms with Gasteiger partial charge in [-0.25, -0.2) is 25.6 Å². The van der Waals surface area contributed by atoms with Crippen molar-refractivity contribution in [2.75, 3.05) is 50.8 Å². The van der Waals surface area contributed by atoms with E-state index in [2.05, 4.69) is 0 Å². The molecule has 4 aromatic carbocycles. The highest BCUT2D eigenvalue weighted by atomic mass is 35.5. The number of nitrogens with zero attached hydrogens (tertiary/aromatic N) is 2. The maximum Gasteiger partial charge on any atom is 0.178 e. The number of benzene rings is 4. The van der Waals surface area contributed by atoms with Crippen molar-refractivity contribution >= 4 is 48.7 Å². The van der Waals surface area contributed by atoms with E-state index >= 15 is 0 Å². The Balaban J connectivity index is 1.17. The lowest BCUT2D eigenvalue weighted by atomic mass is 9.81. The van der Waals surface area contributed by atoms with Gasteiger partial charge in [-0.05, 0) is 83.6 Å². The third-order valence-electron chi connectivity index (χ3n) is 9.45. The van der Waals surface area contributed by atoms with E-state index < -0.39 is 43.1 Å². The first kappa shape index (κ1) is 36.6. The summed E-state index contributed by atoms with van der Waals surface area (Å²) in [5, 5.41) is 0.879. The zero-order valence-corrected chi connectivity index (χ0v) is 30.1. The molecule has 0 bridgehead atoms. The monoisotopic (exact) mass is 760 g/mol. The third kappa shape index (κ3) is 8.46. The number of rotatable bonds is 14. The molecule has 264 valence electrons. The number of likely N-dealkylation sites (tertiary alicyclic amines) is 2. The quantitative estimate of drug-likeness (QED) is 0.135. The van der Waals surface area contributed by atoms with Gasteiger partial charge in [0, 0.05) is 49.3 Å². The molecule has 4 aromatic rings. The molecule has 0 aliphatic carbocycles. The number of Topliss-reactive ketones (excluding diaryl/α,β-unsaturated/α-hetero) is 1. The highest BCUT2D eigenvalue weighted by Crippen LogP contribution is 2.37. The van der Waals surface area contributed by atoms with Gasteiger partial charge in [0.1, 0.15) is 17.4 Å². The standard InChI is InChI=1S/C37H36Cl2F2N2O5S2/c38-35-7-3-1-5-31(35)33(21-42-17-25(18-42)23-49(45,46)29-13-9-27(40)10-14-29)37(44)34(32-6-2-4-8-36(32)39)22-43-19-26(20-43)24-50(47,48)30-15-11-28(41)12-16-30/h1-16,25-26,33-34H,17-24H2. The maximum absolute atomic E-state index is 14.7. The van der Waals surface area contributed by atoms with E-state index in [0.29, 0.717) is 60.4 Å². The van der Waals surface area contributed by atoms with Crippen LogP contribution in [0.25, 0.3) is 0 Å². The second-order valence-electron chi connectivity index (χ2n) is 13.2. The van der Waals surface area contributed by atoms with Crippen molar-refractivity contribution in [2.45, 2.75) is 21.6 Å². The molecule has 2 aliphatic heterocycles. The van der Waals surface area contributed by atoms with Gasteiger partial charge in [-0.3, -0.25) is 4.79 Å². The van der Waals surface area contributed by atoms with Crippen LogP contribution in [0.3, 0.4) is 0 Å². The topological polar surface area (TPSA) is 91.8 Å². The van der Waals surface area contributed by atoms with Gasteiger partial charge in [0.2, 0.25) is 0 Å². The van der Waals surface area contributed by atoms with Gasteiger partial charge in [0.25, 0.3) is 0 Å². The minimum Gasteiger partial charge on any atom is -0.302 e. The lowest BCUT2D eigenvalue weighted by Crippen LogP contribution is -2.53. The number of hydrogen-bond acceptors (Lipinski definition) is 7. The molecule has 0 spiro atoms. The van der Waals surface area contributed by atoms with Gasteiger partial charge in [-0.1, -0.05) is 59.6 Å². The summed E-state index contributed by atoms with van der Waals surface area (Å²) >= 11 is 13.4. The Labute approximate surface area is 301 Å². The van der Waals surface area contributed by atoms with Crippen LogP contribution in [0.5, 0.6) is 0 Å². The molecule has 0 N–H and O–H groups in total. The average Bonchev–Trinajstić information content (AvgIpc) is 3.04. The minimum absolute atomic E-state index is 0.0744. The summed E-state index contributed by atoms with van der Waals surface area (Å²) in [7, 11) is -7.23. The molecule has 2 aliphatic rings. The number of carbonyl (C=O) groups is 1. The van der Waals surface area contributed by atoms with Crippen molar-refractivity contribution in [2.24, 2.45) is 11.8 Å². The van der Waals surface area contributed by atoms with E-state index in [1.165, 1.54) is 24.3 Å². The van der Waals surface area contributed by atoms with E-state index in [9.17, 15) is 30.4 Å². The second-order valence-corrected chi connectivity index (χ2v) is 18.1. The molecule has 50 heavy (non-hydrogen) atoms. The number of hydrogen-bond donors (Lipinski definition) is 0. The fraction of sp³-hybridized carbons (Fsp3) is 0.324. The van der Waals surface area contributed by atoms with Crippen LogP contribution < -0.4 is 0 Å². The van der Waals surface area contributed by atoms with E-state index in [-0.39, 0.29) is 38.9 Å². The summed E-state index contributed by atoms with van der Waals surface area (Å²) in [6.45, 7) is 2.47. The fourth-order valence-electron chi connectivity index (χ4n) is 6.92. The van der Waals surface area contributed by atoms with Gasteiger partial charge < -0.3 is 9.80 Å². The lowest BCUT2D eigenvalue weighted by molar-refractivity contribution is -0.123. The average molecular weight is 762 g/mol. The fourth-order valence-corrected chi connectivity index (χ4v) is 10.6. The predicted molar refractivity (Wildman–Crippen MR) is 190 cm³/mol. The number of ketones is 1. The molecule has 0 radical (unpaired) electrons. The molecule has 0 aromatic heterocycles. The molecule has 2 heterocycles. The Morgan fingerprint density at radius 3 is 1.28 bits per heavy atom. The molecular weight excluding hydrogens is 725 g/mol. The SMILES string of the molecule is O=C(C(CN1CC(CS(=O)(=O)c2ccc(F)cc2)C1)c1ccccc1Cl)C(CN1CC(CS(=O)(=O)c2ccc(F)cc2)C1)c1ccccc1Cl. The summed E-state index contributed by atoms with van der Waals surface area (Å²) in [6.07, 6.45) is 0. The van der Waals surface area contributed by atoms with Gasteiger partial charge in [-0.15, -0.1) is 0 Å². The van der Waals surface area contributed by atoms with Gasteiger partial charge in [-0.2, -0.15) is 0 Å². The molecular formula is C37H36Cl2F2N2O5S2. The normalized spacial score (nSPS) is 17.5. The van der Waals surface area contributed by atoms with Crippen LogP contribution in [0.15, 0.2) is 107 Å². The van der Waals surface area contributed by atoms with Crippen LogP contribution in [0.4, 0.5) is 8.78 Å². The summed E-state index contributed by atoms with van der Waals surface area (Å²) in [4.78, 5) is 19.0. The summed E-state index contributed by atoms with van der Waals surface area (Å²) in [5.74, 6) is -2.92. The smallest absolute Gasteiger partial charge is 0.178 e. The van der Waals surface area contributed by atoms with Crippen molar-refractivity contribution in [1.82, 2.24) is 9.80 Å². The molecule has 0 saturated carbocycles. The largest absolute Gasteiger partial charge is 0.302 e. The van der Waals surface area contributed by atoms with Crippen LogP contribution in [-0.4, -0.2) is 83.2 Å². The molecule has 13 heteroatoms. The zero-order chi connectivity index (χ0) is 35.6. The maximum atomic E-state index is 14.7. The lowest BCUT2D eigenvalue weighted by Gasteiger charge is -2.43. The summed E-state index contributed by atoms with van der Waals surface area (Å²) < 4.78 is 78.6. The molecule has 7 nitrogen and oxygen atoms in total. The van der Waals surface area contributed by atoms with Crippen LogP contribution in [0.2, 0.25) is 10.0 Å². The van der Waals surface area contributed by atoms with Crippen molar-refractivity contribution in [3.63, 3.8) is 0 Å². The van der Waals surface area contributed by atoms with Crippen LogP contribution in [0, 0.1) is 23.5 Å². The molecule has 2 unspecified atom stereocenters. The van der Waals surface area contributed by atoms with Crippen molar-refractivity contribution < 1.29 is 30.4 Å². The van der Waals surface area contributed by atoms with Gasteiger partial charge >= 0.3 is 0 Å². The number of halogens is 4. The van der Waals surface area contributed by atoms with Crippen LogP contribution in [0.1, 0.15) is 23.0 Å². The Morgan fingerprint density at radius 2 is 0.940 bits per heavy atom. The van der Waals surface area contributed by atoms with Crippen LogP contribution >= 0.6 is 23.2 Å². The Morgan fingerprint density at radius 1 is 0.600 bits per heavy atom. The zero-order valence-electron chi connectivity index (χ0n) is 27.0. The number of sulfone groups is 2. The molecule has 6 rings (SSSR count). The van der Waals surface area contributed by atoms with E-state index in [4.69, 9.17) is 23.2 Å². The first-order valence-electron chi connectivity index (χ1n) is 16.2. The highest BCUT2D eigenvalue weighted by Gasteiger charge is 2.40.